The number of anilines is 1. The monoisotopic (exact) mass is 555 g/mol. The minimum Gasteiger partial charge on any atom is -0.357 e. The molecule has 9 heteroatoms. The first-order valence-corrected chi connectivity index (χ1v) is 14.2. The van der Waals surface area contributed by atoms with Crippen molar-refractivity contribution in [3.05, 3.63) is 94.0 Å². The summed E-state index contributed by atoms with van der Waals surface area (Å²) in [5.41, 5.74) is 3.71. The van der Waals surface area contributed by atoms with Crippen molar-refractivity contribution in [1.29, 1.82) is 0 Å². The lowest BCUT2D eigenvalue weighted by atomic mass is 10.1. The third-order valence-electron chi connectivity index (χ3n) is 6.38. The van der Waals surface area contributed by atoms with E-state index in [1.807, 2.05) is 45.0 Å². The van der Waals surface area contributed by atoms with Gasteiger partial charge in [-0.1, -0.05) is 66.0 Å². The van der Waals surface area contributed by atoms with Crippen molar-refractivity contribution in [2.24, 2.45) is 0 Å². The fourth-order valence-electron chi connectivity index (χ4n) is 4.34. The fourth-order valence-corrected chi connectivity index (χ4v) is 6.05. The fraction of sp³-hybridized carbons (Fsp3) is 0.310. The molecular weight excluding hydrogens is 522 g/mol. The van der Waals surface area contributed by atoms with Crippen molar-refractivity contribution in [2.75, 3.05) is 17.9 Å². The van der Waals surface area contributed by atoms with E-state index in [1.165, 1.54) is 24.1 Å². The van der Waals surface area contributed by atoms with E-state index < -0.39 is 28.5 Å². The Kier molecular flexibility index (Phi) is 9.57. The Balaban J connectivity index is 2.10. The summed E-state index contributed by atoms with van der Waals surface area (Å²) in [5, 5.41) is 3.09. The molecule has 0 radical (unpaired) electrons. The second-order valence-electron chi connectivity index (χ2n) is 9.30. The number of benzene rings is 3. The molecule has 202 valence electrons. The number of aryl methyl sites for hydroxylation is 3. The van der Waals surface area contributed by atoms with E-state index in [4.69, 9.17) is 11.6 Å². The average Bonchev–Trinajstić information content (AvgIpc) is 2.87. The van der Waals surface area contributed by atoms with Gasteiger partial charge in [0.1, 0.15) is 12.6 Å². The number of amides is 2. The van der Waals surface area contributed by atoms with Crippen LogP contribution >= 0.6 is 11.6 Å². The number of sulfonamides is 1. The highest BCUT2D eigenvalue weighted by Gasteiger charge is 2.34. The van der Waals surface area contributed by atoms with Crippen LogP contribution < -0.4 is 9.62 Å². The Hall–Kier alpha value is -3.36. The predicted octanol–water partition coefficient (Wildman–Crippen LogP) is 5.01. The number of nitrogens with zero attached hydrogens (tertiary/aromatic N) is 2. The Morgan fingerprint density at radius 2 is 1.63 bits per heavy atom. The maximum absolute atomic E-state index is 14.0. The van der Waals surface area contributed by atoms with Crippen molar-refractivity contribution in [1.82, 2.24) is 10.2 Å². The highest BCUT2D eigenvalue weighted by molar-refractivity contribution is 7.92. The van der Waals surface area contributed by atoms with E-state index in [0.29, 0.717) is 22.7 Å². The summed E-state index contributed by atoms with van der Waals surface area (Å²) in [6.45, 7) is 7.05. The van der Waals surface area contributed by atoms with E-state index in [-0.39, 0.29) is 17.3 Å². The number of halogens is 1. The molecule has 0 saturated carbocycles. The van der Waals surface area contributed by atoms with Gasteiger partial charge >= 0.3 is 0 Å². The Bertz CT molecular complexity index is 1410. The molecule has 0 saturated heterocycles. The molecule has 7 nitrogen and oxygen atoms in total. The minimum absolute atomic E-state index is 0.0637. The molecule has 3 rings (SSSR count). The lowest BCUT2D eigenvalue weighted by Gasteiger charge is -2.33. The van der Waals surface area contributed by atoms with E-state index in [1.54, 1.807) is 37.3 Å². The lowest BCUT2D eigenvalue weighted by molar-refractivity contribution is -0.140. The topological polar surface area (TPSA) is 86.8 Å². The van der Waals surface area contributed by atoms with Crippen LogP contribution in [0.15, 0.2) is 71.6 Å². The average molecular weight is 556 g/mol. The van der Waals surface area contributed by atoms with E-state index in [9.17, 15) is 18.0 Å². The van der Waals surface area contributed by atoms with Gasteiger partial charge in [0, 0.05) is 18.6 Å². The first kappa shape index (κ1) is 29.2. The molecular formula is C29H34ClN3O4S. The molecule has 0 heterocycles. The van der Waals surface area contributed by atoms with E-state index in [2.05, 4.69) is 5.32 Å². The van der Waals surface area contributed by atoms with Gasteiger partial charge in [-0.2, -0.15) is 0 Å². The van der Waals surface area contributed by atoms with Gasteiger partial charge in [0.05, 0.1) is 10.6 Å². The number of carbonyl (C=O) groups is 2. The van der Waals surface area contributed by atoms with Crippen LogP contribution in [0.3, 0.4) is 0 Å². The molecule has 3 aromatic carbocycles. The normalized spacial score (nSPS) is 12.1. The molecule has 0 aliphatic heterocycles. The molecule has 38 heavy (non-hydrogen) atoms. The summed E-state index contributed by atoms with van der Waals surface area (Å²) in [7, 11) is -2.61. The van der Waals surface area contributed by atoms with Crippen molar-refractivity contribution in [3.8, 4) is 0 Å². The van der Waals surface area contributed by atoms with Crippen LogP contribution in [0.25, 0.3) is 0 Å². The maximum atomic E-state index is 14.0. The lowest BCUT2D eigenvalue weighted by Crippen LogP contribution is -2.51. The second kappa shape index (κ2) is 12.5. The van der Waals surface area contributed by atoms with Gasteiger partial charge < -0.3 is 10.2 Å². The molecule has 2 amide bonds. The van der Waals surface area contributed by atoms with Crippen molar-refractivity contribution < 1.29 is 18.0 Å². The van der Waals surface area contributed by atoms with Gasteiger partial charge in [0.2, 0.25) is 11.8 Å². The quantitative estimate of drug-likeness (QED) is 0.381. The van der Waals surface area contributed by atoms with Crippen molar-refractivity contribution in [3.63, 3.8) is 0 Å². The van der Waals surface area contributed by atoms with Crippen molar-refractivity contribution >= 4 is 39.1 Å². The van der Waals surface area contributed by atoms with Gasteiger partial charge in [-0.3, -0.25) is 13.9 Å². The molecule has 0 aliphatic rings. The molecule has 0 unspecified atom stereocenters. The van der Waals surface area contributed by atoms with Crippen LogP contribution in [-0.4, -0.2) is 44.8 Å². The Morgan fingerprint density at radius 3 is 2.21 bits per heavy atom. The smallest absolute Gasteiger partial charge is 0.264 e. The zero-order valence-corrected chi connectivity index (χ0v) is 23.9. The van der Waals surface area contributed by atoms with Gasteiger partial charge in [-0.15, -0.1) is 0 Å². The number of nitrogens with one attached hydrogen (secondary N) is 1. The largest absolute Gasteiger partial charge is 0.357 e. The number of hydrogen-bond acceptors (Lipinski definition) is 4. The van der Waals surface area contributed by atoms with Crippen LogP contribution in [-0.2, 0) is 26.2 Å². The molecule has 1 atom stereocenters. The number of rotatable bonds is 10. The van der Waals surface area contributed by atoms with Crippen LogP contribution in [0.2, 0.25) is 5.02 Å². The highest BCUT2D eigenvalue weighted by atomic mass is 35.5. The second-order valence-corrected chi connectivity index (χ2v) is 11.6. The van der Waals surface area contributed by atoms with Crippen LogP contribution in [0, 0.1) is 20.8 Å². The summed E-state index contributed by atoms with van der Waals surface area (Å²) < 4.78 is 28.9. The van der Waals surface area contributed by atoms with Gasteiger partial charge in [-0.25, -0.2) is 8.42 Å². The van der Waals surface area contributed by atoms with Crippen molar-refractivity contribution in [2.45, 2.75) is 51.6 Å². The number of hydrogen-bond donors (Lipinski definition) is 1. The molecule has 0 aromatic heterocycles. The van der Waals surface area contributed by atoms with Crippen LogP contribution in [0.5, 0.6) is 0 Å². The first-order valence-electron chi connectivity index (χ1n) is 12.4. The molecule has 0 spiro atoms. The third kappa shape index (κ3) is 6.74. The number of carbonyl (C=O) groups excluding carboxylic acids is 2. The third-order valence-corrected chi connectivity index (χ3v) is 8.39. The molecule has 3 aromatic rings. The summed E-state index contributed by atoms with van der Waals surface area (Å²) in [5.74, 6) is -0.809. The minimum atomic E-state index is -4.13. The van der Waals surface area contributed by atoms with Crippen LogP contribution in [0.1, 0.15) is 35.6 Å². The molecule has 1 N–H and O–H groups in total. The van der Waals surface area contributed by atoms with E-state index >= 15 is 0 Å². The van der Waals surface area contributed by atoms with Gasteiger partial charge in [-0.05, 0) is 68.7 Å². The summed E-state index contributed by atoms with van der Waals surface area (Å²) in [6.07, 6.45) is 0.363. The SMILES string of the molecule is CC[C@H](C(=O)NC)N(Cc1cccc(C)c1)C(=O)CN(c1ccc(Cl)cc1C)S(=O)(=O)c1ccc(C)cc1. The van der Waals surface area contributed by atoms with E-state index in [0.717, 1.165) is 21.0 Å². The van der Waals surface area contributed by atoms with Gasteiger partial charge in [0.25, 0.3) is 10.0 Å². The Labute approximate surface area is 230 Å². The first-order chi connectivity index (χ1) is 18.0. The summed E-state index contributed by atoms with van der Waals surface area (Å²) >= 11 is 6.15. The predicted molar refractivity (Wildman–Crippen MR) is 152 cm³/mol. The zero-order valence-electron chi connectivity index (χ0n) is 22.4. The highest BCUT2D eigenvalue weighted by Crippen LogP contribution is 2.29. The maximum Gasteiger partial charge on any atom is 0.264 e. The molecule has 0 aliphatic carbocycles. The summed E-state index contributed by atoms with van der Waals surface area (Å²) in [4.78, 5) is 28.3. The summed E-state index contributed by atoms with van der Waals surface area (Å²) in [6, 6.07) is 18.2. The van der Waals surface area contributed by atoms with Crippen LogP contribution in [0.4, 0.5) is 5.69 Å². The Morgan fingerprint density at radius 1 is 0.947 bits per heavy atom. The molecule has 0 fully saturated rings. The zero-order chi connectivity index (χ0) is 28.0. The standard InChI is InChI=1S/C29H34ClN3O4S/c1-6-26(29(35)31-5)32(18-23-9-7-8-21(3)16-23)28(34)19-33(27-15-12-24(30)17-22(27)4)38(36,37)25-13-10-20(2)11-14-25/h7-17,26H,6,18-19H2,1-5H3,(H,31,35)/t26-/m1/s1. The van der Waals surface area contributed by atoms with Gasteiger partial charge in [0.15, 0.2) is 0 Å². The molecule has 0 bridgehead atoms. The number of likely N-dealkylation sites (N-methyl/N-ethyl adjacent to an activating group) is 1.